The van der Waals surface area contributed by atoms with Crippen LogP contribution in [0.4, 0.5) is 0 Å². The van der Waals surface area contributed by atoms with Crippen LogP contribution >= 0.6 is 0 Å². The molecule has 25 heavy (non-hydrogen) atoms. The molecular weight excluding hydrogens is 316 g/mol. The van der Waals surface area contributed by atoms with E-state index in [-0.39, 0.29) is 17.9 Å². The molecule has 142 valence electrons. The van der Waals surface area contributed by atoms with Crippen molar-refractivity contribution in [3.63, 3.8) is 0 Å². The van der Waals surface area contributed by atoms with Gasteiger partial charge in [0.2, 0.25) is 11.8 Å². The van der Waals surface area contributed by atoms with E-state index in [0.29, 0.717) is 19.4 Å². The molecule has 2 saturated heterocycles. The van der Waals surface area contributed by atoms with Crippen molar-refractivity contribution in [3.8, 4) is 0 Å². The fraction of sp³-hybridized carbons (Fsp3) is 0.900. The molecule has 0 N–H and O–H groups in total. The Morgan fingerprint density at radius 2 is 1.92 bits per heavy atom. The minimum atomic E-state index is 0.226. The average Bonchev–Trinajstić information content (AvgIpc) is 2.64. The highest BCUT2D eigenvalue weighted by Gasteiger charge is 2.27. The SMILES string of the molecule is O=C1CCCCN1CCCC(=O)N1CCO[C@H](CC2CCCCC2)C1. The van der Waals surface area contributed by atoms with Crippen LogP contribution in [0.3, 0.4) is 0 Å². The minimum Gasteiger partial charge on any atom is -0.375 e. The molecule has 0 spiro atoms. The van der Waals surface area contributed by atoms with E-state index >= 15 is 0 Å². The van der Waals surface area contributed by atoms with Crippen molar-refractivity contribution < 1.29 is 14.3 Å². The molecule has 1 aliphatic carbocycles. The van der Waals surface area contributed by atoms with Crippen molar-refractivity contribution in [1.29, 1.82) is 0 Å². The number of hydrogen-bond donors (Lipinski definition) is 0. The van der Waals surface area contributed by atoms with Gasteiger partial charge in [-0.15, -0.1) is 0 Å². The molecule has 1 atom stereocenters. The van der Waals surface area contributed by atoms with Crippen LogP contribution in [-0.2, 0) is 14.3 Å². The first-order chi connectivity index (χ1) is 12.2. The van der Waals surface area contributed by atoms with Gasteiger partial charge in [0.15, 0.2) is 0 Å². The van der Waals surface area contributed by atoms with Crippen molar-refractivity contribution in [1.82, 2.24) is 9.80 Å². The van der Waals surface area contributed by atoms with Crippen LogP contribution in [0.15, 0.2) is 0 Å². The van der Waals surface area contributed by atoms with Gasteiger partial charge < -0.3 is 14.5 Å². The van der Waals surface area contributed by atoms with Gasteiger partial charge in [0.1, 0.15) is 0 Å². The molecule has 0 radical (unpaired) electrons. The molecule has 0 unspecified atom stereocenters. The molecule has 5 heteroatoms. The van der Waals surface area contributed by atoms with E-state index in [0.717, 1.165) is 57.8 Å². The van der Waals surface area contributed by atoms with E-state index in [1.807, 2.05) is 9.80 Å². The summed E-state index contributed by atoms with van der Waals surface area (Å²) in [5.74, 6) is 1.29. The smallest absolute Gasteiger partial charge is 0.222 e. The molecule has 2 amide bonds. The maximum Gasteiger partial charge on any atom is 0.222 e. The lowest BCUT2D eigenvalue weighted by molar-refractivity contribution is -0.140. The number of carbonyl (C=O) groups excluding carboxylic acids is 2. The second kappa shape index (κ2) is 9.56. The summed E-state index contributed by atoms with van der Waals surface area (Å²) in [6.45, 7) is 3.77. The highest BCUT2D eigenvalue weighted by molar-refractivity contribution is 5.77. The topological polar surface area (TPSA) is 49.9 Å². The minimum absolute atomic E-state index is 0.226. The van der Waals surface area contributed by atoms with E-state index in [1.165, 1.54) is 32.1 Å². The second-order valence-electron chi connectivity index (χ2n) is 8.01. The Morgan fingerprint density at radius 1 is 1.08 bits per heavy atom. The lowest BCUT2D eigenvalue weighted by Crippen LogP contribution is -2.46. The zero-order chi connectivity index (χ0) is 17.5. The third-order valence-corrected chi connectivity index (χ3v) is 6.05. The fourth-order valence-electron chi connectivity index (χ4n) is 4.56. The maximum atomic E-state index is 12.5. The summed E-state index contributed by atoms with van der Waals surface area (Å²) in [6, 6.07) is 0. The summed E-state index contributed by atoms with van der Waals surface area (Å²) >= 11 is 0. The quantitative estimate of drug-likeness (QED) is 0.740. The Labute approximate surface area is 152 Å². The number of carbonyl (C=O) groups is 2. The van der Waals surface area contributed by atoms with E-state index in [4.69, 9.17) is 4.74 Å². The monoisotopic (exact) mass is 350 g/mol. The Balaban J connectivity index is 1.36. The highest BCUT2D eigenvalue weighted by Crippen LogP contribution is 2.29. The van der Waals surface area contributed by atoms with Gasteiger partial charge in [-0.3, -0.25) is 9.59 Å². The largest absolute Gasteiger partial charge is 0.375 e. The van der Waals surface area contributed by atoms with Crippen molar-refractivity contribution in [2.75, 3.05) is 32.8 Å². The predicted molar refractivity (Wildman–Crippen MR) is 97.2 cm³/mol. The Kier molecular flexibility index (Phi) is 7.14. The van der Waals surface area contributed by atoms with Crippen LogP contribution in [0, 0.1) is 5.92 Å². The van der Waals surface area contributed by atoms with E-state index in [9.17, 15) is 9.59 Å². The molecule has 3 rings (SSSR count). The zero-order valence-corrected chi connectivity index (χ0v) is 15.6. The molecule has 0 aromatic heterocycles. The number of piperidine rings is 1. The third kappa shape index (κ3) is 5.70. The van der Waals surface area contributed by atoms with Crippen molar-refractivity contribution in [3.05, 3.63) is 0 Å². The first kappa shape index (κ1) is 18.7. The van der Waals surface area contributed by atoms with Crippen LogP contribution in [0.25, 0.3) is 0 Å². The third-order valence-electron chi connectivity index (χ3n) is 6.05. The molecule has 0 aromatic carbocycles. The van der Waals surface area contributed by atoms with E-state index < -0.39 is 0 Å². The summed E-state index contributed by atoms with van der Waals surface area (Å²) in [4.78, 5) is 28.3. The van der Waals surface area contributed by atoms with Crippen LogP contribution < -0.4 is 0 Å². The van der Waals surface area contributed by atoms with Gasteiger partial charge in [-0.1, -0.05) is 32.1 Å². The number of nitrogens with zero attached hydrogens (tertiary/aromatic N) is 2. The Bertz CT molecular complexity index is 448. The van der Waals surface area contributed by atoms with Crippen LogP contribution in [0.2, 0.25) is 0 Å². The van der Waals surface area contributed by atoms with Crippen molar-refractivity contribution in [2.24, 2.45) is 5.92 Å². The molecule has 0 bridgehead atoms. The number of ether oxygens (including phenoxy) is 1. The van der Waals surface area contributed by atoms with Gasteiger partial charge in [-0.2, -0.15) is 0 Å². The lowest BCUT2D eigenvalue weighted by atomic mass is 9.85. The van der Waals surface area contributed by atoms with Gasteiger partial charge >= 0.3 is 0 Å². The zero-order valence-electron chi connectivity index (χ0n) is 15.6. The summed E-state index contributed by atoms with van der Waals surface area (Å²) in [6.07, 6.45) is 12.2. The summed E-state index contributed by atoms with van der Waals surface area (Å²) in [5.41, 5.74) is 0. The van der Waals surface area contributed by atoms with Crippen LogP contribution in [0.1, 0.15) is 70.6 Å². The maximum absolute atomic E-state index is 12.5. The molecular formula is C20H34N2O3. The molecule has 3 fully saturated rings. The van der Waals surface area contributed by atoms with Crippen molar-refractivity contribution >= 4 is 11.8 Å². The lowest BCUT2D eigenvalue weighted by Gasteiger charge is -2.35. The fourth-order valence-corrected chi connectivity index (χ4v) is 4.56. The molecule has 2 aliphatic heterocycles. The van der Waals surface area contributed by atoms with Gasteiger partial charge in [-0.05, 0) is 31.6 Å². The average molecular weight is 351 g/mol. The number of rotatable bonds is 6. The Hall–Kier alpha value is -1.10. The number of hydrogen-bond acceptors (Lipinski definition) is 3. The summed E-state index contributed by atoms with van der Waals surface area (Å²) in [7, 11) is 0. The Morgan fingerprint density at radius 3 is 2.72 bits per heavy atom. The van der Waals surface area contributed by atoms with Crippen LogP contribution in [-0.4, -0.2) is 60.5 Å². The van der Waals surface area contributed by atoms with Gasteiger partial charge in [0, 0.05) is 39.0 Å². The molecule has 1 saturated carbocycles. The highest BCUT2D eigenvalue weighted by atomic mass is 16.5. The van der Waals surface area contributed by atoms with E-state index in [2.05, 4.69) is 0 Å². The number of amides is 2. The predicted octanol–water partition coefficient (Wildman–Crippen LogP) is 2.98. The van der Waals surface area contributed by atoms with E-state index in [1.54, 1.807) is 0 Å². The number of morpholine rings is 1. The summed E-state index contributed by atoms with van der Waals surface area (Å²) < 4.78 is 5.93. The first-order valence-electron chi connectivity index (χ1n) is 10.4. The molecule has 0 aromatic rings. The standard InChI is InChI=1S/C20H34N2O3/c23-19-9-4-5-11-21(19)12-6-10-20(24)22-13-14-25-18(16-22)15-17-7-2-1-3-8-17/h17-18H,1-16H2/t18-/m1/s1. The number of likely N-dealkylation sites (tertiary alicyclic amines) is 1. The summed E-state index contributed by atoms with van der Waals surface area (Å²) in [5, 5.41) is 0. The van der Waals surface area contributed by atoms with Gasteiger partial charge in [-0.25, -0.2) is 0 Å². The molecule has 3 aliphatic rings. The normalized spacial score (nSPS) is 26.1. The van der Waals surface area contributed by atoms with Gasteiger partial charge in [0.25, 0.3) is 0 Å². The first-order valence-corrected chi connectivity index (χ1v) is 10.4. The second-order valence-corrected chi connectivity index (χ2v) is 8.01. The van der Waals surface area contributed by atoms with Crippen LogP contribution in [0.5, 0.6) is 0 Å². The molecule has 2 heterocycles. The van der Waals surface area contributed by atoms with Gasteiger partial charge in [0.05, 0.1) is 12.7 Å². The molecule has 5 nitrogen and oxygen atoms in total. The van der Waals surface area contributed by atoms with Crippen molar-refractivity contribution in [2.45, 2.75) is 76.7 Å².